The number of carbonyl (C=O) groups excluding carboxylic acids is 3. The van der Waals surface area contributed by atoms with Gasteiger partial charge in [-0.25, -0.2) is 4.79 Å². The summed E-state index contributed by atoms with van der Waals surface area (Å²) in [5.41, 5.74) is 3.32. The van der Waals surface area contributed by atoms with Crippen LogP contribution in [0.1, 0.15) is 83.7 Å². The van der Waals surface area contributed by atoms with Crippen LogP contribution in [-0.2, 0) is 24.0 Å². The second-order valence-corrected chi connectivity index (χ2v) is 12.6. The fraction of sp³-hybridized carbons (Fsp3) is 0.625. The van der Waals surface area contributed by atoms with Crippen LogP contribution in [0, 0.1) is 34.5 Å². The first-order chi connectivity index (χ1) is 18.7. The predicted molar refractivity (Wildman–Crippen MR) is 149 cm³/mol. The van der Waals surface area contributed by atoms with Crippen LogP contribution in [0.3, 0.4) is 0 Å². The summed E-state index contributed by atoms with van der Waals surface area (Å²) in [6, 6.07) is 8.10. The number of benzene rings is 1. The van der Waals surface area contributed by atoms with E-state index in [0.29, 0.717) is 29.1 Å². The molecule has 7 unspecified atom stereocenters. The number of rotatable bonds is 7. The summed E-state index contributed by atoms with van der Waals surface area (Å²) in [6.07, 6.45) is 10.9. The van der Waals surface area contributed by atoms with Crippen LogP contribution in [0.25, 0.3) is 0 Å². The van der Waals surface area contributed by atoms with Gasteiger partial charge in [0.1, 0.15) is 5.78 Å². The lowest BCUT2D eigenvalue weighted by molar-refractivity contribution is -0.145. The molecule has 0 heterocycles. The molecule has 3 saturated carbocycles. The topological polar surface area (TPSA) is 94.1 Å². The normalized spacial score (nSPS) is 35.1. The van der Waals surface area contributed by atoms with Crippen LogP contribution in [0.2, 0.25) is 0 Å². The summed E-state index contributed by atoms with van der Waals surface area (Å²) in [5, 5.41) is 7.00. The van der Waals surface area contributed by atoms with Gasteiger partial charge in [-0.1, -0.05) is 54.9 Å². The summed E-state index contributed by atoms with van der Waals surface area (Å²) in [4.78, 5) is 42.6. The van der Waals surface area contributed by atoms with E-state index in [1.165, 1.54) is 31.9 Å². The van der Waals surface area contributed by atoms with Gasteiger partial charge < -0.3 is 14.9 Å². The fourth-order valence-electron chi connectivity index (χ4n) is 8.73. The van der Waals surface area contributed by atoms with Crippen molar-refractivity contribution >= 4 is 23.4 Å². The molecule has 39 heavy (non-hydrogen) atoms. The lowest BCUT2D eigenvalue weighted by Gasteiger charge is -2.58. The minimum Gasteiger partial charge on any atom is -0.467 e. The zero-order valence-electron chi connectivity index (χ0n) is 23.7. The van der Waals surface area contributed by atoms with E-state index in [0.717, 1.165) is 37.8 Å². The lowest BCUT2D eigenvalue weighted by atomic mass is 9.46. The van der Waals surface area contributed by atoms with Gasteiger partial charge in [-0.3, -0.25) is 9.59 Å². The standard InChI is InChI=1S/C32H42N2O5/c1-20(35)25-12-13-26-24-11-10-22-18-23(14-16-31(22,2)27(24)15-17-32(25,26)3)34-39-19-28(36)33-29(30(37)38-4)21-8-6-5-7-9-21/h5-9,18,24-27,29H,10-17,19H2,1-4H3,(H,33,36). The Morgan fingerprint density at radius 2 is 1.79 bits per heavy atom. The number of carbonyl (C=O) groups is 3. The fourth-order valence-corrected chi connectivity index (χ4v) is 8.73. The van der Waals surface area contributed by atoms with Crippen LogP contribution in [0.5, 0.6) is 0 Å². The van der Waals surface area contributed by atoms with E-state index in [1.807, 2.05) is 6.07 Å². The Morgan fingerprint density at radius 3 is 2.51 bits per heavy atom. The van der Waals surface area contributed by atoms with Crippen molar-refractivity contribution in [2.24, 2.45) is 39.7 Å². The first kappa shape index (κ1) is 27.6. The third-order valence-corrected chi connectivity index (χ3v) is 10.7. The maximum absolute atomic E-state index is 12.6. The average molecular weight is 535 g/mol. The molecule has 0 radical (unpaired) electrons. The maximum atomic E-state index is 12.6. The van der Waals surface area contributed by atoms with E-state index in [-0.39, 0.29) is 23.4 Å². The van der Waals surface area contributed by atoms with Crippen molar-refractivity contribution in [2.75, 3.05) is 13.7 Å². The van der Waals surface area contributed by atoms with E-state index in [2.05, 4.69) is 30.4 Å². The molecule has 5 rings (SSSR count). The molecule has 1 aromatic carbocycles. The molecular weight excluding hydrogens is 492 g/mol. The lowest BCUT2D eigenvalue weighted by Crippen LogP contribution is -2.51. The van der Waals surface area contributed by atoms with Crippen molar-refractivity contribution in [1.29, 1.82) is 0 Å². The van der Waals surface area contributed by atoms with E-state index >= 15 is 0 Å². The number of hydrogen-bond acceptors (Lipinski definition) is 6. The van der Waals surface area contributed by atoms with Gasteiger partial charge in [0.05, 0.1) is 12.8 Å². The molecule has 3 fully saturated rings. The highest BCUT2D eigenvalue weighted by atomic mass is 16.6. The molecule has 7 atom stereocenters. The van der Waals surface area contributed by atoms with E-state index in [4.69, 9.17) is 9.57 Å². The van der Waals surface area contributed by atoms with E-state index < -0.39 is 17.9 Å². The van der Waals surface area contributed by atoms with Gasteiger partial charge in [-0.15, -0.1) is 0 Å². The van der Waals surface area contributed by atoms with Gasteiger partial charge in [0.25, 0.3) is 5.91 Å². The number of oxime groups is 1. The number of ketones is 1. The van der Waals surface area contributed by atoms with E-state index in [9.17, 15) is 14.4 Å². The number of amides is 1. The Bertz CT molecular complexity index is 1180. The third kappa shape index (κ3) is 5.05. The quantitative estimate of drug-likeness (QED) is 0.365. The van der Waals surface area contributed by atoms with Crippen molar-refractivity contribution < 1.29 is 24.0 Å². The average Bonchev–Trinajstić information content (AvgIpc) is 3.29. The Balaban J connectivity index is 1.22. The zero-order chi connectivity index (χ0) is 27.8. The van der Waals surface area contributed by atoms with Crippen molar-refractivity contribution in [1.82, 2.24) is 5.32 Å². The smallest absolute Gasteiger partial charge is 0.333 e. The Kier molecular flexibility index (Phi) is 7.71. The summed E-state index contributed by atoms with van der Waals surface area (Å²) >= 11 is 0. The molecular formula is C32H42N2O5. The monoisotopic (exact) mass is 534 g/mol. The number of hydrogen-bond donors (Lipinski definition) is 1. The highest BCUT2D eigenvalue weighted by Crippen LogP contribution is 2.66. The predicted octanol–water partition coefficient (Wildman–Crippen LogP) is 5.56. The second-order valence-electron chi connectivity index (χ2n) is 12.6. The van der Waals surface area contributed by atoms with Gasteiger partial charge in [0, 0.05) is 5.92 Å². The molecule has 7 nitrogen and oxygen atoms in total. The number of Topliss-reactive ketones (excluding diaryl/α,β-unsaturated/α-hetero) is 1. The molecule has 1 N–H and O–H groups in total. The molecule has 0 spiro atoms. The summed E-state index contributed by atoms with van der Waals surface area (Å²) < 4.78 is 4.86. The summed E-state index contributed by atoms with van der Waals surface area (Å²) in [7, 11) is 1.30. The molecule has 0 saturated heterocycles. The van der Waals surface area contributed by atoms with Gasteiger partial charge in [-0.05, 0) is 98.5 Å². The molecule has 0 aliphatic heterocycles. The van der Waals surface area contributed by atoms with Crippen molar-refractivity contribution in [2.45, 2.75) is 78.2 Å². The first-order valence-corrected chi connectivity index (χ1v) is 14.5. The SMILES string of the molecule is COC(=O)C(NC(=O)CON=C1C=C2CCC3C(CCC4(C)C(C(C)=O)CCC34)C2(C)CC1)c1ccccc1. The zero-order valence-corrected chi connectivity index (χ0v) is 23.7. The molecule has 0 aromatic heterocycles. The minimum absolute atomic E-state index is 0.165. The Morgan fingerprint density at radius 1 is 1.03 bits per heavy atom. The molecule has 4 aliphatic rings. The van der Waals surface area contributed by atoms with Crippen molar-refractivity contribution in [3.05, 3.63) is 47.5 Å². The van der Waals surface area contributed by atoms with Gasteiger partial charge >= 0.3 is 5.97 Å². The van der Waals surface area contributed by atoms with Crippen LogP contribution in [0.4, 0.5) is 0 Å². The first-order valence-electron chi connectivity index (χ1n) is 14.5. The van der Waals surface area contributed by atoms with Crippen LogP contribution in [-0.4, -0.2) is 37.1 Å². The summed E-state index contributed by atoms with van der Waals surface area (Å²) in [5.74, 6) is 1.66. The number of allylic oxidation sites excluding steroid dienone is 2. The third-order valence-electron chi connectivity index (χ3n) is 10.7. The number of fused-ring (bicyclic) bond motifs is 5. The van der Waals surface area contributed by atoms with Gasteiger partial charge in [0.15, 0.2) is 12.6 Å². The number of methoxy groups -OCH3 is 1. The molecule has 7 heteroatoms. The number of ether oxygens (including phenoxy) is 1. The second kappa shape index (κ2) is 10.9. The van der Waals surface area contributed by atoms with Crippen LogP contribution >= 0.6 is 0 Å². The van der Waals surface area contributed by atoms with Crippen LogP contribution in [0.15, 0.2) is 47.1 Å². The minimum atomic E-state index is -0.893. The molecule has 210 valence electrons. The number of nitrogens with zero attached hydrogens (tertiary/aromatic N) is 1. The highest BCUT2D eigenvalue weighted by molar-refractivity contribution is 5.96. The number of nitrogens with one attached hydrogen (secondary N) is 1. The van der Waals surface area contributed by atoms with Gasteiger partial charge in [0.2, 0.25) is 0 Å². The van der Waals surface area contributed by atoms with Crippen LogP contribution < -0.4 is 5.32 Å². The summed E-state index contributed by atoms with van der Waals surface area (Å²) in [6.45, 7) is 6.36. The van der Waals surface area contributed by atoms with Gasteiger partial charge in [-0.2, -0.15) is 0 Å². The number of esters is 1. The molecule has 1 amide bonds. The molecule has 4 aliphatic carbocycles. The molecule has 1 aromatic rings. The highest BCUT2D eigenvalue weighted by Gasteiger charge is 2.59. The maximum Gasteiger partial charge on any atom is 0.333 e. The van der Waals surface area contributed by atoms with Crippen molar-refractivity contribution in [3.63, 3.8) is 0 Å². The molecule has 0 bridgehead atoms. The largest absolute Gasteiger partial charge is 0.467 e. The van der Waals surface area contributed by atoms with Crippen molar-refractivity contribution in [3.8, 4) is 0 Å². The Hall–Kier alpha value is -2.96. The van der Waals surface area contributed by atoms with E-state index in [1.54, 1.807) is 31.2 Å². The Labute approximate surface area is 231 Å².